The summed E-state index contributed by atoms with van der Waals surface area (Å²) in [7, 11) is 0. The van der Waals surface area contributed by atoms with Crippen molar-refractivity contribution in [3.05, 3.63) is 23.5 Å². The molecule has 0 saturated heterocycles. The first-order valence-corrected chi connectivity index (χ1v) is 4.35. The number of aliphatic carboxylic acids is 1. The van der Waals surface area contributed by atoms with Gasteiger partial charge in [-0.2, -0.15) is 0 Å². The fraction of sp³-hybridized carbons (Fsp3) is 0.300. The highest BCUT2D eigenvalue weighted by Gasteiger charge is 2.17. The van der Waals surface area contributed by atoms with E-state index < -0.39 is 29.2 Å². The molecular formula is C10H11FO4. The number of carbonyl (C=O) groups is 1. The van der Waals surface area contributed by atoms with Gasteiger partial charge in [0.1, 0.15) is 0 Å². The third-order valence-corrected chi connectivity index (χ3v) is 2.13. The van der Waals surface area contributed by atoms with Crippen LogP contribution < -0.4 is 0 Å². The summed E-state index contributed by atoms with van der Waals surface area (Å²) in [6.07, 6.45) is 0.0367. The number of rotatable bonds is 3. The van der Waals surface area contributed by atoms with Crippen LogP contribution >= 0.6 is 0 Å². The summed E-state index contributed by atoms with van der Waals surface area (Å²) in [5.74, 6) is -4.09. The molecule has 0 bridgehead atoms. The van der Waals surface area contributed by atoms with Crippen LogP contribution in [0.1, 0.15) is 12.5 Å². The molecule has 0 aliphatic heterocycles. The SMILES string of the molecule is CC(Cc1ccc(F)c(O)c1O)C(=O)O. The zero-order valence-corrected chi connectivity index (χ0v) is 8.07. The van der Waals surface area contributed by atoms with Gasteiger partial charge in [0.05, 0.1) is 5.92 Å². The van der Waals surface area contributed by atoms with Gasteiger partial charge in [-0.15, -0.1) is 0 Å². The summed E-state index contributed by atoms with van der Waals surface area (Å²) in [5.41, 5.74) is 0.212. The Morgan fingerprint density at radius 1 is 1.40 bits per heavy atom. The minimum atomic E-state index is -1.02. The van der Waals surface area contributed by atoms with Crippen molar-refractivity contribution < 1.29 is 24.5 Å². The van der Waals surface area contributed by atoms with Gasteiger partial charge in [-0.3, -0.25) is 4.79 Å². The van der Waals surface area contributed by atoms with Crippen LogP contribution in [0, 0.1) is 11.7 Å². The van der Waals surface area contributed by atoms with Crippen molar-refractivity contribution in [2.75, 3.05) is 0 Å². The first-order chi connectivity index (χ1) is 6.93. The minimum Gasteiger partial charge on any atom is -0.504 e. The van der Waals surface area contributed by atoms with E-state index in [1.807, 2.05) is 0 Å². The molecule has 0 spiro atoms. The van der Waals surface area contributed by atoms with Crippen molar-refractivity contribution in [3.8, 4) is 11.5 Å². The highest BCUT2D eigenvalue weighted by atomic mass is 19.1. The van der Waals surface area contributed by atoms with E-state index in [0.29, 0.717) is 0 Å². The Bertz CT molecular complexity index is 389. The molecule has 1 atom stereocenters. The molecule has 0 heterocycles. The topological polar surface area (TPSA) is 77.8 Å². The summed E-state index contributed by atoms with van der Waals surface area (Å²) >= 11 is 0. The molecule has 0 aromatic heterocycles. The number of hydrogen-bond acceptors (Lipinski definition) is 3. The predicted octanol–water partition coefficient (Wildman–Crippen LogP) is 1.50. The summed E-state index contributed by atoms with van der Waals surface area (Å²) < 4.78 is 12.7. The van der Waals surface area contributed by atoms with E-state index in [9.17, 15) is 14.3 Å². The van der Waals surface area contributed by atoms with E-state index in [1.54, 1.807) is 0 Å². The maximum Gasteiger partial charge on any atom is 0.306 e. The lowest BCUT2D eigenvalue weighted by molar-refractivity contribution is -0.141. The molecule has 5 heteroatoms. The van der Waals surface area contributed by atoms with Gasteiger partial charge in [0.25, 0.3) is 0 Å². The summed E-state index contributed by atoms with van der Waals surface area (Å²) in [5, 5.41) is 27.0. The third-order valence-electron chi connectivity index (χ3n) is 2.13. The molecule has 0 aliphatic rings. The summed E-state index contributed by atoms with van der Waals surface area (Å²) in [6.45, 7) is 1.46. The first-order valence-electron chi connectivity index (χ1n) is 4.35. The van der Waals surface area contributed by atoms with Crippen LogP contribution in [0.3, 0.4) is 0 Å². The molecule has 0 fully saturated rings. The van der Waals surface area contributed by atoms with Crippen molar-refractivity contribution in [2.45, 2.75) is 13.3 Å². The fourth-order valence-electron chi connectivity index (χ4n) is 1.18. The number of carboxylic acid groups (broad SMARTS) is 1. The van der Waals surface area contributed by atoms with Crippen LogP contribution in [-0.4, -0.2) is 21.3 Å². The maximum atomic E-state index is 12.7. The second kappa shape index (κ2) is 4.16. The Morgan fingerprint density at radius 3 is 2.53 bits per heavy atom. The Balaban J connectivity index is 2.97. The Kier molecular flexibility index (Phi) is 3.14. The smallest absolute Gasteiger partial charge is 0.306 e. The van der Waals surface area contributed by atoms with Crippen LogP contribution in [0.2, 0.25) is 0 Å². The van der Waals surface area contributed by atoms with Crippen LogP contribution in [-0.2, 0) is 11.2 Å². The molecule has 1 aromatic rings. The van der Waals surface area contributed by atoms with Crippen molar-refractivity contribution in [1.29, 1.82) is 0 Å². The van der Waals surface area contributed by atoms with Gasteiger partial charge < -0.3 is 15.3 Å². The van der Waals surface area contributed by atoms with Crippen LogP contribution in [0.25, 0.3) is 0 Å². The lowest BCUT2D eigenvalue weighted by atomic mass is 10.00. The van der Waals surface area contributed by atoms with Gasteiger partial charge >= 0.3 is 5.97 Å². The minimum absolute atomic E-state index is 0.0367. The maximum absolute atomic E-state index is 12.7. The molecule has 4 nitrogen and oxygen atoms in total. The van der Waals surface area contributed by atoms with E-state index in [-0.39, 0.29) is 12.0 Å². The number of phenolic OH excluding ortho intramolecular Hbond substituents is 2. The molecule has 0 radical (unpaired) electrons. The molecular weight excluding hydrogens is 203 g/mol. The van der Waals surface area contributed by atoms with Crippen molar-refractivity contribution in [3.63, 3.8) is 0 Å². The van der Waals surface area contributed by atoms with E-state index in [1.165, 1.54) is 13.0 Å². The average molecular weight is 214 g/mol. The quantitative estimate of drug-likeness (QED) is 0.666. The van der Waals surface area contributed by atoms with Crippen LogP contribution in [0.5, 0.6) is 11.5 Å². The second-order valence-electron chi connectivity index (χ2n) is 3.35. The molecule has 15 heavy (non-hydrogen) atoms. The van der Waals surface area contributed by atoms with Crippen molar-refractivity contribution >= 4 is 5.97 Å². The van der Waals surface area contributed by atoms with E-state index in [0.717, 1.165) is 6.07 Å². The van der Waals surface area contributed by atoms with Gasteiger partial charge in [0, 0.05) is 0 Å². The second-order valence-corrected chi connectivity index (χ2v) is 3.35. The molecule has 0 saturated carbocycles. The van der Waals surface area contributed by atoms with E-state index in [2.05, 4.69) is 0 Å². The lowest BCUT2D eigenvalue weighted by Gasteiger charge is -2.09. The summed E-state index contributed by atoms with van der Waals surface area (Å²) in [6, 6.07) is 2.24. The molecule has 3 N–H and O–H groups in total. The van der Waals surface area contributed by atoms with Crippen molar-refractivity contribution in [1.82, 2.24) is 0 Å². The van der Waals surface area contributed by atoms with E-state index in [4.69, 9.17) is 10.2 Å². The zero-order chi connectivity index (χ0) is 11.6. The number of aromatic hydroxyl groups is 2. The predicted molar refractivity (Wildman–Crippen MR) is 50.2 cm³/mol. The van der Waals surface area contributed by atoms with Gasteiger partial charge in [0.2, 0.25) is 0 Å². The van der Waals surface area contributed by atoms with Gasteiger partial charge in [-0.1, -0.05) is 13.0 Å². The molecule has 0 amide bonds. The van der Waals surface area contributed by atoms with Crippen LogP contribution in [0.4, 0.5) is 4.39 Å². The van der Waals surface area contributed by atoms with Gasteiger partial charge in [-0.05, 0) is 18.1 Å². The highest BCUT2D eigenvalue weighted by molar-refractivity contribution is 5.70. The Morgan fingerprint density at radius 2 is 2.00 bits per heavy atom. The first kappa shape index (κ1) is 11.3. The Hall–Kier alpha value is -1.78. The number of carboxylic acids is 1. The summed E-state index contributed by atoms with van der Waals surface area (Å²) in [4.78, 5) is 10.5. The number of phenols is 2. The third kappa shape index (κ3) is 2.37. The monoisotopic (exact) mass is 214 g/mol. The standard InChI is InChI=1S/C10H11FO4/c1-5(10(14)15)4-6-2-3-7(11)9(13)8(6)12/h2-3,5,12-13H,4H2,1H3,(H,14,15). The van der Waals surface area contributed by atoms with Gasteiger partial charge in [-0.25, -0.2) is 4.39 Å². The lowest BCUT2D eigenvalue weighted by Crippen LogP contribution is -2.12. The van der Waals surface area contributed by atoms with Crippen LogP contribution in [0.15, 0.2) is 12.1 Å². The number of halogens is 1. The zero-order valence-electron chi connectivity index (χ0n) is 8.07. The fourth-order valence-corrected chi connectivity index (χ4v) is 1.18. The normalized spacial score (nSPS) is 12.4. The van der Waals surface area contributed by atoms with Crippen molar-refractivity contribution in [2.24, 2.45) is 5.92 Å². The highest BCUT2D eigenvalue weighted by Crippen LogP contribution is 2.32. The van der Waals surface area contributed by atoms with E-state index >= 15 is 0 Å². The number of hydrogen-bond donors (Lipinski definition) is 3. The number of benzene rings is 1. The molecule has 82 valence electrons. The Labute approximate surface area is 85.6 Å². The average Bonchev–Trinajstić information content (AvgIpc) is 2.18. The van der Waals surface area contributed by atoms with Gasteiger partial charge in [0.15, 0.2) is 17.3 Å². The molecule has 0 aliphatic carbocycles. The largest absolute Gasteiger partial charge is 0.504 e. The molecule has 1 unspecified atom stereocenters. The molecule has 1 rings (SSSR count). The molecule has 1 aromatic carbocycles.